The second-order valence-corrected chi connectivity index (χ2v) is 7.91. The molecule has 1 saturated heterocycles. The molecule has 2 rings (SSSR count). The van der Waals surface area contributed by atoms with Crippen molar-refractivity contribution >= 4 is 24.2 Å². The average Bonchev–Trinajstić information content (AvgIpc) is 2.67. The topological polar surface area (TPSA) is 70.7 Å². The molecule has 158 valence electrons. The molecule has 1 aliphatic heterocycles. The zero-order valence-corrected chi connectivity index (χ0v) is 18.2. The highest BCUT2D eigenvalue weighted by molar-refractivity contribution is 5.94. The summed E-state index contributed by atoms with van der Waals surface area (Å²) < 4.78 is 5.40. The van der Waals surface area contributed by atoms with Gasteiger partial charge in [-0.05, 0) is 43.6 Å². The maximum atomic E-state index is 12.5. The van der Waals surface area contributed by atoms with Crippen LogP contribution in [0.15, 0.2) is 24.3 Å². The molecule has 0 aromatic heterocycles. The van der Waals surface area contributed by atoms with E-state index in [4.69, 9.17) is 4.74 Å². The van der Waals surface area contributed by atoms with E-state index < -0.39 is 0 Å². The number of benzene rings is 1. The predicted molar refractivity (Wildman–Crippen MR) is 114 cm³/mol. The molecule has 0 aliphatic carbocycles. The molecule has 6 nitrogen and oxygen atoms in total. The largest absolute Gasteiger partial charge is 0.384 e. The molecule has 1 heterocycles. The van der Waals surface area contributed by atoms with Crippen molar-refractivity contribution in [2.45, 2.75) is 33.2 Å². The molecule has 2 amide bonds. The normalized spacial score (nSPS) is 15.6. The zero-order valence-electron chi connectivity index (χ0n) is 17.4. The van der Waals surface area contributed by atoms with Crippen LogP contribution >= 0.6 is 12.4 Å². The van der Waals surface area contributed by atoms with E-state index in [1.54, 1.807) is 19.1 Å². The fourth-order valence-electron chi connectivity index (χ4n) is 3.56. The van der Waals surface area contributed by atoms with Crippen LogP contribution in [0.4, 0.5) is 0 Å². The Morgan fingerprint density at radius 2 is 1.82 bits per heavy atom. The number of nitrogens with zero attached hydrogens (tertiary/aromatic N) is 1. The number of rotatable bonds is 8. The average molecular weight is 412 g/mol. The number of halogens is 1. The van der Waals surface area contributed by atoms with Gasteiger partial charge >= 0.3 is 0 Å². The van der Waals surface area contributed by atoms with Crippen LogP contribution < -0.4 is 10.6 Å². The number of methoxy groups -OCH3 is 1. The van der Waals surface area contributed by atoms with Crippen LogP contribution in [0.5, 0.6) is 0 Å². The van der Waals surface area contributed by atoms with Gasteiger partial charge in [0.2, 0.25) is 5.91 Å². The van der Waals surface area contributed by atoms with Gasteiger partial charge in [0.25, 0.3) is 5.91 Å². The van der Waals surface area contributed by atoms with Crippen molar-refractivity contribution in [1.82, 2.24) is 15.5 Å². The molecule has 0 atom stereocenters. The molecule has 0 saturated carbocycles. The molecule has 0 spiro atoms. The minimum Gasteiger partial charge on any atom is -0.384 e. The van der Waals surface area contributed by atoms with E-state index in [2.05, 4.69) is 10.6 Å². The molecule has 7 heteroatoms. The fraction of sp³-hybridized carbons (Fsp3) is 0.619. The Labute approximate surface area is 174 Å². The summed E-state index contributed by atoms with van der Waals surface area (Å²) >= 11 is 0. The summed E-state index contributed by atoms with van der Waals surface area (Å²) in [5, 5.41) is 6.43. The van der Waals surface area contributed by atoms with E-state index in [9.17, 15) is 9.59 Å². The third-order valence-electron chi connectivity index (χ3n) is 5.24. The first kappa shape index (κ1) is 24.4. The number of carbonyl (C=O) groups excluding carboxylic acids is 2. The number of ether oxygens (including phenoxy) is 1. The van der Waals surface area contributed by atoms with Gasteiger partial charge in [-0.3, -0.25) is 9.59 Å². The Morgan fingerprint density at radius 1 is 1.21 bits per heavy atom. The smallest absolute Gasteiger partial charge is 0.251 e. The summed E-state index contributed by atoms with van der Waals surface area (Å²) in [5.41, 5.74) is 1.66. The van der Waals surface area contributed by atoms with Gasteiger partial charge in [0.15, 0.2) is 0 Å². The molecule has 0 radical (unpaired) electrons. The van der Waals surface area contributed by atoms with Gasteiger partial charge in [0, 0.05) is 44.1 Å². The van der Waals surface area contributed by atoms with Gasteiger partial charge in [0.1, 0.15) is 0 Å². The van der Waals surface area contributed by atoms with E-state index in [1.165, 1.54) is 0 Å². The Bertz CT molecular complexity index is 623. The first-order chi connectivity index (χ1) is 12.9. The summed E-state index contributed by atoms with van der Waals surface area (Å²) in [5.74, 6) is 0.0267. The summed E-state index contributed by atoms with van der Waals surface area (Å²) in [4.78, 5) is 26.2. The summed E-state index contributed by atoms with van der Waals surface area (Å²) in [6.07, 6.45) is 1.99. The van der Waals surface area contributed by atoms with E-state index >= 15 is 0 Å². The molecule has 0 unspecified atom stereocenters. The highest BCUT2D eigenvalue weighted by Crippen LogP contribution is 2.28. The Kier molecular flexibility index (Phi) is 9.93. The van der Waals surface area contributed by atoms with Crippen LogP contribution in [0.1, 0.15) is 42.6 Å². The van der Waals surface area contributed by atoms with Crippen molar-refractivity contribution in [2.24, 2.45) is 11.3 Å². The number of piperidine rings is 1. The van der Waals surface area contributed by atoms with Gasteiger partial charge in [-0.1, -0.05) is 26.0 Å². The van der Waals surface area contributed by atoms with Crippen molar-refractivity contribution in [3.8, 4) is 0 Å². The molecule has 0 bridgehead atoms. The molecule has 2 N–H and O–H groups in total. The number of hydrogen-bond donors (Lipinski definition) is 2. The molecular formula is C21H34ClN3O3. The molecule has 1 aromatic rings. The molecule has 1 aliphatic rings. The lowest BCUT2D eigenvalue weighted by molar-refractivity contribution is -0.133. The monoisotopic (exact) mass is 411 g/mol. The van der Waals surface area contributed by atoms with Crippen LogP contribution in [0, 0.1) is 11.3 Å². The zero-order chi connectivity index (χ0) is 19.9. The van der Waals surface area contributed by atoms with Crippen molar-refractivity contribution in [3.05, 3.63) is 35.4 Å². The lowest BCUT2D eigenvalue weighted by Gasteiger charge is -2.37. The maximum Gasteiger partial charge on any atom is 0.251 e. The Morgan fingerprint density at radius 3 is 2.36 bits per heavy atom. The summed E-state index contributed by atoms with van der Waals surface area (Å²) in [6.45, 7) is 7.52. The summed E-state index contributed by atoms with van der Waals surface area (Å²) in [7, 11) is 3.52. The van der Waals surface area contributed by atoms with E-state index in [0.29, 0.717) is 25.3 Å². The van der Waals surface area contributed by atoms with Gasteiger partial charge < -0.3 is 20.3 Å². The molecule has 1 aromatic carbocycles. The lowest BCUT2D eigenvalue weighted by Crippen LogP contribution is -2.47. The second-order valence-electron chi connectivity index (χ2n) is 7.91. The first-order valence-corrected chi connectivity index (χ1v) is 9.69. The SMILES string of the molecule is COCC1(CNC(=O)c2ccc(CN(C)C(=O)C(C)C)cc2)CCNCC1.Cl. The standard InChI is InChI=1S/C21H33N3O3.ClH/c1-16(2)20(26)24(3)13-17-5-7-18(8-6-17)19(25)23-14-21(15-27-4)9-11-22-12-10-21;/h5-8,16,22H,9-15H2,1-4H3,(H,23,25);1H. The van der Waals surface area contributed by atoms with Crippen LogP contribution in [0.3, 0.4) is 0 Å². The van der Waals surface area contributed by atoms with Crippen LogP contribution in [0.2, 0.25) is 0 Å². The van der Waals surface area contributed by atoms with E-state index in [-0.39, 0.29) is 35.6 Å². The highest BCUT2D eigenvalue weighted by Gasteiger charge is 2.32. The van der Waals surface area contributed by atoms with Crippen LogP contribution in [0.25, 0.3) is 0 Å². The Balaban J connectivity index is 0.00000392. The number of nitrogens with one attached hydrogen (secondary N) is 2. The van der Waals surface area contributed by atoms with Crippen molar-refractivity contribution in [3.63, 3.8) is 0 Å². The predicted octanol–water partition coefficient (Wildman–Crippen LogP) is 2.47. The van der Waals surface area contributed by atoms with Crippen molar-refractivity contribution < 1.29 is 14.3 Å². The fourth-order valence-corrected chi connectivity index (χ4v) is 3.56. The van der Waals surface area contributed by atoms with Crippen LogP contribution in [-0.2, 0) is 16.1 Å². The molecule has 28 heavy (non-hydrogen) atoms. The first-order valence-electron chi connectivity index (χ1n) is 9.69. The van der Waals surface area contributed by atoms with Crippen molar-refractivity contribution in [1.29, 1.82) is 0 Å². The van der Waals surface area contributed by atoms with Gasteiger partial charge in [-0.25, -0.2) is 0 Å². The number of hydrogen-bond acceptors (Lipinski definition) is 4. The second kappa shape index (κ2) is 11.4. The third kappa shape index (κ3) is 6.76. The summed E-state index contributed by atoms with van der Waals surface area (Å²) in [6, 6.07) is 7.47. The Hall–Kier alpha value is -1.63. The third-order valence-corrected chi connectivity index (χ3v) is 5.24. The minimum absolute atomic E-state index is 0. The minimum atomic E-state index is -0.0674. The van der Waals surface area contributed by atoms with E-state index in [0.717, 1.165) is 31.5 Å². The number of amides is 2. The van der Waals surface area contributed by atoms with Gasteiger partial charge in [-0.15, -0.1) is 12.4 Å². The lowest BCUT2D eigenvalue weighted by atomic mass is 9.79. The van der Waals surface area contributed by atoms with E-state index in [1.807, 2.05) is 38.1 Å². The maximum absolute atomic E-state index is 12.5. The number of carbonyl (C=O) groups is 2. The van der Waals surface area contributed by atoms with Crippen LogP contribution in [-0.4, -0.2) is 57.1 Å². The molecule has 1 fully saturated rings. The quantitative estimate of drug-likeness (QED) is 0.689. The molecular weight excluding hydrogens is 378 g/mol. The van der Waals surface area contributed by atoms with Crippen molar-refractivity contribution in [2.75, 3.05) is 40.4 Å². The van der Waals surface area contributed by atoms with Gasteiger partial charge in [-0.2, -0.15) is 0 Å². The van der Waals surface area contributed by atoms with Gasteiger partial charge in [0.05, 0.1) is 6.61 Å². The highest BCUT2D eigenvalue weighted by atomic mass is 35.5.